The van der Waals surface area contributed by atoms with E-state index in [9.17, 15) is 0 Å². The number of nitrogens with zero attached hydrogens (tertiary/aromatic N) is 1. The van der Waals surface area contributed by atoms with E-state index < -0.39 is 0 Å². The lowest BCUT2D eigenvalue weighted by Gasteiger charge is -2.31. The molecule has 0 N–H and O–H groups in total. The highest BCUT2D eigenvalue weighted by atomic mass is 35.5. The van der Waals surface area contributed by atoms with Crippen molar-refractivity contribution in [3.8, 4) is 0 Å². The van der Waals surface area contributed by atoms with Gasteiger partial charge in [0.15, 0.2) is 0 Å². The van der Waals surface area contributed by atoms with Crippen molar-refractivity contribution in [1.82, 2.24) is 4.31 Å². The number of benzene rings is 1. The van der Waals surface area contributed by atoms with E-state index in [1.807, 2.05) is 24.1 Å². The minimum Gasteiger partial charge on any atom is -0.244 e. The second kappa shape index (κ2) is 5.24. The number of hydrogen-bond donors (Lipinski definition) is 0. The van der Waals surface area contributed by atoms with Crippen LogP contribution in [0.2, 0.25) is 5.02 Å². The molecular weight excluding hydrogens is 226 g/mol. The van der Waals surface area contributed by atoms with Crippen molar-refractivity contribution in [3.63, 3.8) is 0 Å². The highest BCUT2D eigenvalue weighted by molar-refractivity contribution is 7.97. The van der Waals surface area contributed by atoms with Gasteiger partial charge in [-0.25, -0.2) is 4.31 Å². The van der Waals surface area contributed by atoms with E-state index in [-0.39, 0.29) is 0 Å². The fraction of sp³-hybridized carbons (Fsp3) is 0.500. The maximum absolute atomic E-state index is 5.86. The van der Waals surface area contributed by atoms with Crippen molar-refractivity contribution in [1.29, 1.82) is 0 Å². The van der Waals surface area contributed by atoms with Gasteiger partial charge in [-0.05, 0) is 56.0 Å². The third-order valence-corrected chi connectivity index (χ3v) is 4.29. The molecule has 1 unspecified atom stereocenters. The predicted octanol–water partition coefficient (Wildman–Crippen LogP) is 4.22. The van der Waals surface area contributed by atoms with Crippen molar-refractivity contribution in [3.05, 3.63) is 29.3 Å². The molecule has 1 saturated heterocycles. The summed E-state index contributed by atoms with van der Waals surface area (Å²) in [6.45, 7) is 3.51. The fourth-order valence-electron chi connectivity index (χ4n) is 1.84. The van der Waals surface area contributed by atoms with Crippen LogP contribution in [0.4, 0.5) is 0 Å². The molecule has 0 aromatic heterocycles. The summed E-state index contributed by atoms with van der Waals surface area (Å²) in [7, 11) is 0. The molecular formula is C12H16ClNS. The van der Waals surface area contributed by atoms with E-state index in [4.69, 9.17) is 11.6 Å². The predicted molar refractivity (Wildman–Crippen MR) is 67.3 cm³/mol. The van der Waals surface area contributed by atoms with Crippen LogP contribution in [0.15, 0.2) is 29.2 Å². The van der Waals surface area contributed by atoms with Crippen LogP contribution in [0, 0.1) is 0 Å². The number of rotatable bonds is 2. The van der Waals surface area contributed by atoms with Crippen molar-refractivity contribution in [2.75, 3.05) is 6.54 Å². The van der Waals surface area contributed by atoms with Crippen LogP contribution < -0.4 is 0 Å². The summed E-state index contributed by atoms with van der Waals surface area (Å²) < 4.78 is 2.48. The molecule has 1 nitrogen and oxygen atoms in total. The summed E-state index contributed by atoms with van der Waals surface area (Å²) in [4.78, 5) is 1.29. The van der Waals surface area contributed by atoms with Crippen molar-refractivity contribution in [2.45, 2.75) is 37.1 Å². The first-order valence-corrected chi connectivity index (χ1v) is 6.61. The molecule has 1 atom stereocenters. The SMILES string of the molecule is CC1CCCCN1Sc1ccc(Cl)cc1. The molecule has 1 heterocycles. The standard InChI is InChI=1S/C12H16ClNS/c1-10-4-2-3-9-14(10)15-12-7-5-11(13)6-8-12/h5-8,10H,2-4,9H2,1H3. The molecule has 0 saturated carbocycles. The Balaban J connectivity index is 1.98. The third kappa shape index (κ3) is 3.13. The van der Waals surface area contributed by atoms with Gasteiger partial charge in [0.2, 0.25) is 0 Å². The molecule has 82 valence electrons. The Labute approximate surface area is 101 Å². The zero-order valence-electron chi connectivity index (χ0n) is 8.95. The molecule has 0 bridgehead atoms. The van der Waals surface area contributed by atoms with Crippen LogP contribution in [0.1, 0.15) is 26.2 Å². The topological polar surface area (TPSA) is 3.24 Å². The monoisotopic (exact) mass is 241 g/mol. The van der Waals surface area contributed by atoms with Gasteiger partial charge in [-0.3, -0.25) is 0 Å². The number of piperidine rings is 1. The lowest BCUT2D eigenvalue weighted by molar-refractivity contribution is 0.292. The van der Waals surface area contributed by atoms with Crippen LogP contribution in [0.25, 0.3) is 0 Å². The molecule has 2 rings (SSSR count). The quantitative estimate of drug-likeness (QED) is 0.714. The molecule has 1 aromatic carbocycles. The van der Waals surface area contributed by atoms with Crippen LogP contribution in [0.5, 0.6) is 0 Å². The maximum Gasteiger partial charge on any atom is 0.0406 e. The average molecular weight is 242 g/mol. The Bertz CT molecular complexity index is 312. The zero-order chi connectivity index (χ0) is 10.7. The molecule has 1 fully saturated rings. The molecule has 0 spiro atoms. The Kier molecular flexibility index (Phi) is 3.95. The molecule has 1 aliphatic heterocycles. The van der Waals surface area contributed by atoms with Crippen LogP contribution >= 0.6 is 23.5 Å². The van der Waals surface area contributed by atoms with Gasteiger partial charge in [0.25, 0.3) is 0 Å². The van der Waals surface area contributed by atoms with Gasteiger partial charge >= 0.3 is 0 Å². The smallest absolute Gasteiger partial charge is 0.0406 e. The second-order valence-electron chi connectivity index (χ2n) is 4.03. The summed E-state index contributed by atoms with van der Waals surface area (Å²) in [5.41, 5.74) is 0. The van der Waals surface area contributed by atoms with Crippen molar-refractivity contribution >= 4 is 23.5 Å². The largest absolute Gasteiger partial charge is 0.244 e. The third-order valence-electron chi connectivity index (χ3n) is 2.78. The maximum atomic E-state index is 5.86. The van der Waals surface area contributed by atoms with E-state index >= 15 is 0 Å². The highest BCUT2D eigenvalue weighted by Crippen LogP contribution is 2.30. The molecule has 1 aliphatic rings. The average Bonchev–Trinajstić information content (AvgIpc) is 2.25. The van der Waals surface area contributed by atoms with Crippen LogP contribution in [0.3, 0.4) is 0 Å². The Morgan fingerprint density at radius 2 is 2.00 bits per heavy atom. The highest BCUT2D eigenvalue weighted by Gasteiger charge is 2.18. The first-order valence-electron chi connectivity index (χ1n) is 5.46. The molecule has 0 amide bonds. The van der Waals surface area contributed by atoms with Gasteiger partial charge < -0.3 is 0 Å². The van der Waals surface area contributed by atoms with E-state index in [2.05, 4.69) is 23.4 Å². The van der Waals surface area contributed by atoms with Crippen molar-refractivity contribution in [2.24, 2.45) is 0 Å². The molecule has 15 heavy (non-hydrogen) atoms. The number of halogens is 1. The van der Waals surface area contributed by atoms with Gasteiger partial charge in [0, 0.05) is 22.5 Å². The van der Waals surface area contributed by atoms with E-state index in [1.165, 1.54) is 30.7 Å². The lowest BCUT2D eigenvalue weighted by Crippen LogP contribution is -2.31. The van der Waals surface area contributed by atoms with Gasteiger partial charge in [-0.1, -0.05) is 18.0 Å². The van der Waals surface area contributed by atoms with Crippen LogP contribution in [-0.4, -0.2) is 16.9 Å². The minimum absolute atomic E-state index is 0.694. The normalized spacial score (nSPS) is 22.9. The molecule has 3 heteroatoms. The molecule has 0 radical (unpaired) electrons. The molecule has 0 aliphatic carbocycles. The summed E-state index contributed by atoms with van der Waals surface area (Å²) >= 11 is 7.72. The first kappa shape index (κ1) is 11.3. The van der Waals surface area contributed by atoms with Gasteiger partial charge in [-0.2, -0.15) is 0 Å². The van der Waals surface area contributed by atoms with E-state index in [0.29, 0.717) is 6.04 Å². The summed E-state index contributed by atoms with van der Waals surface area (Å²) in [5.74, 6) is 0. The Hall–Kier alpha value is -0.180. The van der Waals surface area contributed by atoms with E-state index in [1.54, 1.807) is 0 Å². The molecule has 1 aromatic rings. The Morgan fingerprint density at radius 3 is 2.67 bits per heavy atom. The summed E-state index contributed by atoms with van der Waals surface area (Å²) in [6, 6.07) is 8.79. The van der Waals surface area contributed by atoms with Crippen LogP contribution in [-0.2, 0) is 0 Å². The van der Waals surface area contributed by atoms with Gasteiger partial charge in [0.1, 0.15) is 0 Å². The lowest BCUT2D eigenvalue weighted by atomic mass is 10.1. The Morgan fingerprint density at radius 1 is 1.27 bits per heavy atom. The van der Waals surface area contributed by atoms with Gasteiger partial charge in [-0.15, -0.1) is 0 Å². The second-order valence-corrected chi connectivity index (χ2v) is 5.59. The fourth-order valence-corrected chi connectivity index (χ4v) is 3.00. The van der Waals surface area contributed by atoms with E-state index in [0.717, 1.165) is 5.02 Å². The van der Waals surface area contributed by atoms with Crippen molar-refractivity contribution < 1.29 is 0 Å². The number of hydrogen-bond acceptors (Lipinski definition) is 2. The summed E-state index contributed by atoms with van der Waals surface area (Å²) in [6.07, 6.45) is 4.02. The van der Waals surface area contributed by atoms with Gasteiger partial charge in [0.05, 0.1) is 0 Å². The summed E-state index contributed by atoms with van der Waals surface area (Å²) in [5, 5.41) is 0.811. The first-order chi connectivity index (χ1) is 7.25. The minimum atomic E-state index is 0.694. The zero-order valence-corrected chi connectivity index (χ0v) is 10.5.